The highest BCUT2D eigenvalue weighted by atomic mass is 35.5. The fraction of sp³-hybridized carbons (Fsp3) is 0.250. The molecule has 0 saturated carbocycles. The fourth-order valence-corrected chi connectivity index (χ4v) is 2.75. The van der Waals surface area contributed by atoms with Crippen molar-refractivity contribution in [2.45, 2.75) is 29.9 Å². The molecule has 0 aliphatic carbocycles. The zero-order valence-corrected chi connectivity index (χ0v) is 12.1. The minimum atomic E-state index is 0.587. The molecule has 0 aliphatic heterocycles. The number of thioether (sulfide) groups is 1. The maximum absolute atomic E-state index is 5.77. The Kier molecular flexibility index (Phi) is 5.15. The van der Waals surface area contributed by atoms with Crippen molar-refractivity contribution in [2.24, 2.45) is 0 Å². The molecular formula is C16H17ClS. The molecule has 0 bridgehead atoms. The van der Waals surface area contributed by atoms with Crippen molar-refractivity contribution in [1.82, 2.24) is 0 Å². The second-order valence-corrected chi connectivity index (χ2v) is 5.55. The Morgan fingerprint density at radius 3 is 1.94 bits per heavy atom. The first-order valence-corrected chi connectivity index (χ1v) is 7.69. The minimum Gasteiger partial charge on any atom is -0.122 e. The van der Waals surface area contributed by atoms with Crippen molar-refractivity contribution in [3.05, 3.63) is 65.2 Å². The highest BCUT2D eigenvalue weighted by molar-refractivity contribution is 7.98. The zero-order chi connectivity index (χ0) is 12.8. The smallest absolute Gasteiger partial charge is 0.0474 e. The van der Waals surface area contributed by atoms with Gasteiger partial charge in [-0.25, -0.2) is 0 Å². The molecule has 2 heteroatoms. The first-order valence-electron chi connectivity index (χ1n) is 6.17. The quantitative estimate of drug-likeness (QED) is 0.529. The van der Waals surface area contributed by atoms with Crippen LogP contribution < -0.4 is 0 Å². The summed E-state index contributed by atoms with van der Waals surface area (Å²) in [6.45, 7) is 2.18. The maximum atomic E-state index is 5.77. The number of rotatable bonds is 5. The fourth-order valence-electron chi connectivity index (χ4n) is 1.71. The summed E-state index contributed by atoms with van der Waals surface area (Å²) in [6.07, 6.45) is 1.10. The number of hydrogen-bond acceptors (Lipinski definition) is 1. The molecule has 0 saturated heterocycles. The van der Waals surface area contributed by atoms with Crippen molar-refractivity contribution >= 4 is 23.4 Å². The molecule has 0 aromatic heterocycles. The molecule has 0 nitrogen and oxygen atoms in total. The van der Waals surface area contributed by atoms with Gasteiger partial charge in [-0.1, -0.05) is 43.3 Å². The normalized spacial score (nSPS) is 10.6. The Morgan fingerprint density at radius 1 is 0.833 bits per heavy atom. The molecule has 0 heterocycles. The second kappa shape index (κ2) is 6.86. The number of hydrogen-bond donors (Lipinski definition) is 0. The molecule has 0 atom stereocenters. The van der Waals surface area contributed by atoms with E-state index in [0.29, 0.717) is 5.88 Å². The van der Waals surface area contributed by atoms with Gasteiger partial charge < -0.3 is 0 Å². The molecule has 0 N–H and O–H groups in total. The van der Waals surface area contributed by atoms with Gasteiger partial charge in [-0.2, -0.15) is 0 Å². The van der Waals surface area contributed by atoms with Crippen LogP contribution in [0, 0.1) is 0 Å². The van der Waals surface area contributed by atoms with E-state index in [-0.39, 0.29) is 0 Å². The highest BCUT2D eigenvalue weighted by Gasteiger charge is 1.97. The van der Waals surface area contributed by atoms with E-state index >= 15 is 0 Å². The van der Waals surface area contributed by atoms with Crippen LogP contribution in [-0.2, 0) is 18.1 Å². The monoisotopic (exact) mass is 276 g/mol. The summed E-state index contributed by atoms with van der Waals surface area (Å²) < 4.78 is 0. The van der Waals surface area contributed by atoms with Crippen LogP contribution in [0.25, 0.3) is 0 Å². The molecule has 18 heavy (non-hydrogen) atoms. The molecule has 0 radical (unpaired) electrons. The largest absolute Gasteiger partial charge is 0.122 e. The predicted octanol–water partition coefficient (Wildman–Crippen LogP) is 5.28. The average molecular weight is 277 g/mol. The van der Waals surface area contributed by atoms with Crippen LogP contribution in [0.2, 0.25) is 0 Å². The average Bonchev–Trinajstić information content (AvgIpc) is 2.46. The van der Waals surface area contributed by atoms with Crippen LogP contribution >= 0.6 is 23.4 Å². The second-order valence-electron chi connectivity index (χ2n) is 4.24. The lowest BCUT2D eigenvalue weighted by Gasteiger charge is -2.04. The first-order chi connectivity index (χ1) is 8.81. The topological polar surface area (TPSA) is 0 Å². The van der Waals surface area contributed by atoms with Crippen LogP contribution in [0.1, 0.15) is 23.6 Å². The Labute approximate surface area is 118 Å². The van der Waals surface area contributed by atoms with E-state index in [9.17, 15) is 0 Å². The van der Waals surface area contributed by atoms with Gasteiger partial charge >= 0.3 is 0 Å². The number of alkyl halides is 1. The molecule has 2 aromatic carbocycles. The standard InChI is InChI=1S/C16H17ClS/c1-2-13-3-5-15(6-4-13)12-18-16-9-7-14(11-17)8-10-16/h3-10H,2,11-12H2,1H3. The van der Waals surface area contributed by atoms with E-state index in [1.54, 1.807) is 0 Å². The van der Waals surface area contributed by atoms with E-state index in [1.807, 2.05) is 11.8 Å². The molecule has 2 rings (SSSR count). The van der Waals surface area contributed by atoms with Gasteiger partial charge in [0, 0.05) is 16.5 Å². The van der Waals surface area contributed by atoms with E-state index in [0.717, 1.165) is 12.2 Å². The lowest BCUT2D eigenvalue weighted by molar-refractivity contribution is 1.13. The summed E-state index contributed by atoms with van der Waals surface area (Å²) >= 11 is 7.64. The van der Waals surface area contributed by atoms with E-state index < -0.39 is 0 Å². The summed E-state index contributed by atoms with van der Waals surface area (Å²) in [4.78, 5) is 1.29. The van der Waals surface area contributed by atoms with Crippen LogP contribution in [0.5, 0.6) is 0 Å². The highest BCUT2D eigenvalue weighted by Crippen LogP contribution is 2.23. The van der Waals surface area contributed by atoms with E-state index in [1.165, 1.54) is 21.6 Å². The maximum Gasteiger partial charge on any atom is 0.0474 e. The third-order valence-corrected chi connectivity index (χ3v) is 4.31. The summed E-state index contributed by atoms with van der Waals surface area (Å²) in [5.74, 6) is 1.60. The van der Waals surface area contributed by atoms with E-state index in [4.69, 9.17) is 11.6 Å². The van der Waals surface area contributed by atoms with Gasteiger partial charge in [0.2, 0.25) is 0 Å². The lowest BCUT2D eigenvalue weighted by Crippen LogP contribution is -1.84. The van der Waals surface area contributed by atoms with Gasteiger partial charge in [0.05, 0.1) is 0 Å². The Balaban J connectivity index is 1.93. The molecule has 0 unspecified atom stereocenters. The summed E-state index contributed by atoms with van der Waals surface area (Å²) in [6, 6.07) is 17.3. The van der Waals surface area contributed by atoms with Gasteiger partial charge in [0.25, 0.3) is 0 Å². The van der Waals surface area contributed by atoms with Gasteiger partial charge in [0.1, 0.15) is 0 Å². The van der Waals surface area contributed by atoms with Crippen LogP contribution in [-0.4, -0.2) is 0 Å². The van der Waals surface area contributed by atoms with Crippen molar-refractivity contribution in [3.63, 3.8) is 0 Å². The Bertz CT molecular complexity index is 426. The summed E-state index contributed by atoms with van der Waals surface area (Å²) in [7, 11) is 0. The van der Waals surface area contributed by atoms with Gasteiger partial charge in [0.15, 0.2) is 0 Å². The van der Waals surface area contributed by atoms with Crippen LogP contribution in [0.3, 0.4) is 0 Å². The molecule has 0 fully saturated rings. The third-order valence-electron chi connectivity index (χ3n) is 2.91. The molecule has 0 spiro atoms. The van der Waals surface area contributed by atoms with Crippen LogP contribution in [0.4, 0.5) is 0 Å². The van der Waals surface area contributed by atoms with Gasteiger partial charge in [-0.15, -0.1) is 23.4 Å². The minimum absolute atomic E-state index is 0.587. The summed E-state index contributed by atoms with van der Waals surface area (Å²) in [5, 5.41) is 0. The number of aryl methyl sites for hydroxylation is 1. The molecular weight excluding hydrogens is 260 g/mol. The Morgan fingerprint density at radius 2 is 1.39 bits per heavy atom. The predicted molar refractivity (Wildman–Crippen MR) is 81.4 cm³/mol. The van der Waals surface area contributed by atoms with Crippen LogP contribution in [0.15, 0.2) is 53.4 Å². The number of halogens is 1. The SMILES string of the molecule is CCc1ccc(CSc2ccc(CCl)cc2)cc1. The zero-order valence-electron chi connectivity index (χ0n) is 10.5. The van der Waals surface area contributed by atoms with Gasteiger partial charge in [-0.3, -0.25) is 0 Å². The van der Waals surface area contributed by atoms with Crippen molar-refractivity contribution < 1.29 is 0 Å². The van der Waals surface area contributed by atoms with Crippen molar-refractivity contribution in [1.29, 1.82) is 0 Å². The molecule has 2 aromatic rings. The third kappa shape index (κ3) is 3.79. The molecule has 0 aliphatic rings. The molecule has 94 valence electrons. The van der Waals surface area contributed by atoms with Crippen molar-refractivity contribution in [3.8, 4) is 0 Å². The molecule has 0 amide bonds. The Hall–Kier alpha value is -0.920. The lowest BCUT2D eigenvalue weighted by atomic mass is 10.1. The summed E-state index contributed by atoms with van der Waals surface area (Å²) in [5.41, 5.74) is 3.95. The van der Waals surface area contributed by atoms with E-state index in [2.05, 4.69) is 55.5 Å². The number of benzene rings is 2. The first kappa shape index (κ1) is 13.5. The van der Waals surface area contributed by atoms with Crippen molar-refractivity contribution in [2.75, 3.05) is 0 Å². The van der Waals surface area contributed by atoms with Gasteiger partial charge in [-0.05, 0) is 35.2 Å².